The highest BCUT2D eigenvalue weighted by Crippen LogP contribution is 2.26. The van der Waals surface area contributed by atoms with Crippen molar-refractivity contribution in [3.8, 4) is 0 Å². The molecule has 4 unspecified atom stereocenters. The van der Waals surface area contributed by atoms with Crippen molar-refractivity contribution in [3.05, 3.63) is 35.9 Å². The van der Waals surface area contributed by atoms with Crippen LogP contribution in [0.2, 0.25) is 0 Å². The molecule has 0 aromatic heterocycles. The summed E-state index contributed by atoms with van der Waals surface area (Å²) in [5, 5.41) is 3.25. The van der Waals surface area contributed by atoms with Crippen LogP contribution in [0, 0.1) is 11.8 Å². The van der Waals surface area contributed by atoms with E-state index in [0.717, 1.165) is 38.9 Å². The van der Waals surface area contributed by atoms with E-state index in [4.69, 9.17) is 5.73 Å². The lowest BCUT2D eigenvalue weighted by Crippen LogP contribution is -2.42. The third-order valence-electron chi connectivity index (χ3n) is 6.07. The molecule has 0 radical (unpaired) electrons. The average Bonchev–Trinajstić information content (AvgIpc) is 3.06. The van der Waals surface area contributed by atoms with Gasteiger partial charge in [-0.2, -0.15) is 0 Å². The first-order valence-corrected chi connectivity index (χ1v) is 9.93. The Morgan fingerprint density at radius 2 is 2.00 bits per heavy atom. The second kappa shape index (κ2) is 8.81. The Hall–Kier alpha value is -1.39. The van der Waals surface area contributed by atoms with Gasteiger partial charge in [0.2, 0.25) is 5.91 Å². The molecule has 4 atom stereocenters. The molecule has 2 fully saturated rings. The van der Waals surface area contributed by atoms with Gasteiger partial charge in [0, 0.05) is 31.6 Å². The summed E-state index contributed by atoms with van der Waals surface area (Å²) in [5.74, 6) is 1.11. The highest BCUT2D eigenvalue weighted by Gasteiger charge is 2.29. The Kier molecular flexibility index (Phi) is 6.49. The Morgan fingerprint density at radius 3 is 2.76 bits per heavy atom. The van der Waals surface area contributed by atoms with Crippen molar-refractivity contribution in [1.82, 2.24) is 10.2 Å². The molecule has 3 rings (SSSR count). The monoisotopic (exact) mass is 343 g/mol. The highest BCUT2D eigenvalue weighted by atomic mass is 16.1. The zero-order chi connectivity index (χ0) is 17.6. The summed E-state index contributed by atoms with van der Waals surface area (Å²) in [5.41, 5.74) is 7.55. The molecule has 1 aromatic rings. The first-order chi connectivity index (χ1) is 12.1. The molecule has 1 aliphatic heterocycles. The number of amides is 1. The minimum atomic E-state index is 0.191. The Balaban J connectivity index is 1.42. The summed E-state index contributed by atoms with van der Waals surface area (Å²) in [7, 11) is 0. The van der Waals surface area contributed by atoms with Gasteiger partial charge in [0.05, 0.1) is 0 Å². The van der Waals surface area contributed by atoms with Gasteiger partial charge in [0.25, 0.3) is 0 Å². The molecule has 4 nitrogen and oxygen atoms in total. The SMILES string of the molecule is CC(NC(=O)CC1CCCCC1N)C1CCN(Cc2ccccc2)C1. The number of benzene rings is 1. The summed E-state index contributed by atoms with van der Waals surface area (Å²) in [4.78, 5) is 14.9. The predicted molar refractivity (Wildman–Crippen MR) is 102 cm³/mol. The largest absolute Gasteiger partial charge is 0.353 e. The highest BCUT2D eigenvalue weighted by molar-refractivity contribution is 5.76. The topological polar surface area (TPSA) is 58.4 Å². The third kappa shape index (κ3) is 5.29. The maximum absolute atomic E-state index is 12.4. The number of nitrogens with one attached hydrogen (secondary N) is 1. The number of hydrogen-bond donors (Lipinski definition) is 2. The zero-order valence-electron chi connectivity index (χ0n) is 15.5. The van der Waals surface area contributed by atoms with E-state index in [0.29, 0.717) is 18.3 Å². The van der Waals surface area contributed by atoms with E-state index < -0.39 is 0 Å². The maximum Gasteiger partial charge on any atom is 0.220 e. The van der Waals surface area contributed by atoms with E-state index in [1.807, 2.05) is 0 Å². The number of carbonyl (C=O) groups is 1. The molecule has 0 bridgehead atoms. The van der Waals surface area contributed by atoms with Crippen LogP contribution in [0.1, 0.15) is 51.0 Å². The van der Waals surface area contributed by atoms with Crippen LogP contribution in [0.5, 0.6) is 0 Å². The van der Waals surface area contributed by atoms with Gasteiger partial charge in [-0.1, -0.05) is 43.2 Å². The van der Waals surface area contributed by atoms with E-state index in [-0.39, 0.29) is 18.0 Å². The van der Waals surface area contributed by atoms with Gasteiger partial charge in [-0.15, -0.1) is 0 Å². The number of hydrogen-bond acceptors (Lipinski definition) is 3. The average molecular weight is 344 g/mol. The fourth-order valence-corrected chi connectivity index (χ4v) is 4.41. The minimum Gasteiger partial charge on any atom is -0.353 e. The Labute approximate surface area is 152 Å². The Morgan fingerprint density at radius 1 is 1.24 bits per heavy atom. The molecular formula is C21H33N3O. The van der Waals surface area contributed by atoms with Crippen LogP contribution < -0.4 is 11.1 Å². The van der Waals surface area contributed by atoms with Crippen molar-refractivity contribution in [1.29, 1.82) is 0 Å². The lowest BCUT2D eigenvalue weighted by atomic mass is 9.83. The van der Waals surface area contributed by atoms with Gasteiger partial charge < -0.3 is 11.1 Å². The van der Waals surface area contributed by atoms with Crippen molar-refractivity contribution in [2.45, 2.75) is 64.1 Å². The standard InChI is InChI=1S/C21H33N3O/c1-16(23-21(25)13-18-9-5-6-10-20(18)22)19-11-12-24(15-19)14-17-7-3-2-4-8-17/h2-4,7-8,16,18-20H,5-6,9-15,22H2,1H3,(H,23,25). The second-order valence-electron chi connectivity index (χ2n) is 8.04. The van der Waals surface area contributed by atoms with Gasteiger partial charge >= 0.3 is 0 Å². The lowest BCUT2D eigenvalue weighted by molar-refractivity contribution is -0.123. The van der Waals surface area contributed by atoms with Gasteiger partial charge in [-0.3, -0.25) is 9.69 Å². The van der Waals surface area contributed by atoms with E-state index in [2.05, 4.69) is 47.5 Å². The normalized spacial score (nSPS) is 28.6. The summed E-state index contributed by atoms with van der Waals surface area (Å²) in [6.45, 7) is 5.36. The van der Waals surface area contributed by atoms with Crippen molar-refractivity contribution in [2.75, 3.05) is 13.1 Å². The molecule has 1 heterocycles. The maximum atomic E-state index is 12.4. The van der Waals surface area contributed by atoms with Gasteiger partial charge in [-0.25, -0.2) is 0 Å². The van der Waals surface area contributed by atoms with Crippen molar-refractivity contribution >= 4 is 5.91 Å². The van der Waals surface area contributed by atoms with Crippen LogP contribution >= 0.6 is 0 Å². The molecule has 3 N–H and O–H groups in total. The van der Waals surface area contributed by atoms with Gasteiger partial charge in [0.1, 0.15) is 0 Å². The summed E-state index contributed by atoms with van der Waals surface area (Å²) < 4.78 is 0. The van der Waals surface area contributed by atoms with Crippen LogP contribution in [-0.2, 0) is 11.3 Å². The van der Waals surface area contributed by atoms with Crippen LogP contribution in [-0.4, -0.2) is 36.0 Å². The van der Waals surface area contributed by atoms with Crippen LogP contribution in [0.3, 0.4) is 0 Å². The molecule has 1 aliphatic carbocycles. The van der Waals surface area contributed by atoms with Crippen LogP contribution in [0.25, 0.3) is 0 Å². The quantitative estimate of drug-likeness (QED) is 0.835. The van der Waals surface area contributed by atoms with Crippen LogP contribution in [0.15, 0.2) is 30.3 Å². The molecular weight excluding hydrogens is 310 g/mol. The molecule has 138 valence electrons. The van der Waals surface area contributed by atoms with Crippen molar-refractivity contribution in [3.63, 3.8) is 0 Å². The van der Waals surface area contributed by atoms with Gasteiger partial charge in [0.15, 0.2) is 0 Å². The lowest BCUT2D eigenvalue weighted by Gasteiger charge is -2.29. The fraction of sp³-hybridized carbons (Fsp3) is 0.667. The summed E-state index contributed by atoms with van der Waals surface area (Å²) >= 11 is 0. The molecule has 1 saturated heterocycles. The van der Waals surface area contributed by atoms with Gasteiger partial charge in [-0.05, 0) is 50.1 Å². The molecule has 1 saturated carbocycles. The number of rotatable bonds is 6. The predicted octanol–water partition coefficient (Wildman–Crippen LogP) is 2.92. The number of carbonyl (C=O) groups excluding carboxylic acids is 1. The number of nitrogens with zero attached hydrogens (tertiary/aromatic N) is 1. The molecule has 1 amide bonds. The fourth-order valence-electron chi connectivity index (χ4n) is 4.41. The van der Waals surface area contributed by atoms with Crippen molar-refractivity contribution < 1.29 is 4.79 Å². The molecule has 0 spiro atoms. The van der Waals surface area contributed by atoms with E-state index in [9.17, 15) is 4.79 Å². The smallest absolute Gasteiger partial charge is 0.220 e. The first-order valence-electron chi connectivity index (χ1n) is 9.93. The second-order valence-corrected chi connectivity index (χ2v) is 8.04. The van der Waals surface area contributed by atoms with Crippen molar-refractivity contribution in [2.24, 2.45) is 17.6 Å². The first kappa shape index (κ1) is 18.4. The molecule has 1 aromatic carbocycles. The summed E-state index contributed by atoms with van der Waals surface area (Å²) in [6.07, 6.45) is 6.39. The number of likely N-dealkylation sites (tertiary alicyclic amines) is 1. The third-order valence-corrected chi connectivity index (χ3v) is 6.07. The minimum absolute atomic E-state index is 0.191. The van der Waals surface area contributed by atoms with E-state index >= 15 is 0 Å². The summed E-state index contributed by atoms with van der Waals surface area (Å²) in [6, 6.07) is 11.1. The Bertz CT molecular complexity index is 547. The molecule has 2 aliphatic rings. The van der Waals surface area contributed by atoms with E-state index in [1.54, 1.807) is 0 Å². The molecule has 4 heteroatoms. The van der Waals surface area contributed by atoms with Crippen LogP contribution in [0.4, 0.5) is 0 Å². The molecule has 25 heavy (non-hydrogen) atoms. The van der Waals surface area contributed by atoms with E-state index in [1.165, 1.54) is 18.4 Å². The number of nitrogens with two attached hydrogens (primary N) is 1. The zero-order valence-corrected chi connectivity index (χ0v) is 15.5.